The van der Waals surface area contributed by atoms with Crippen LogP contribution in [-0.2, 0) is 10.0 Å². The molecule has 2 aromatic carbocycles. The first kappa shape index (κ1) is 19.9. The van der Waals surface area contributed by atoms with Gasteiger partial charge in [-0.2, -0.15) is 4.31 Å². The van der Waals surface area contributed by atoms with Crippen LogP contribution in [0, 0.1) is 11.6 Å². The minimum absolute atomic E-state index is 0.0425. The minimum Gasteiger partial charge on any atom is -0.289 e. The summed E-state index contributed by atoms with van der Waals surface area (Å²) in [6.45, 7) is 4.19. The number of sulfonamides is 1. The summed E-state index contributed by atoms with van der Waals surface area (Å²) in [6, 6.07) is 8.46. The van der Waals surface area contributed by atoms with Gasteiger partial charge in [0, 0.05) is 24.2 Å². The van der Waals surface area contributed by atoms with Gasteiger partial charge in [0.2, 0.25) is 10.0 Å². The predicted molar refractivity (Wildman–Crippen MR) is 96.3 cm³/mol. The molecule has 0 fully saturated rings. The third kappa shape index (κ3) is 4.42. The smallest absolute Gasteiger partial charge is 0.243 e. The molecule has 0 amide bonds. The zero-order valence-electron chi connectivity index (χ0n) is 14.4. The molecule has 0 saturated heterocycles. The van der Waals surface area contributed by atoms with Crippen molar-refractivity contribution < 1.29 is 22.0 Å². The largest absolute Gasteiger partial charge is 0.289 e. The Bertz CT molecular complexity index is 918. The Kier molecular flexibility index (Phi) is 6.39. The first-order valence-electron chi connectivity index (χ1n) is 8.07. The zero-order valence-corrected chi connectivity index (χ0v) is 15.3. The van der Waals surface area contributed by atoms with Crippen molar-refractivity contribution in [3.8, 4) is 0 Å². The zero-order chi connectivity index (χ0) is 19.3. The quantitative estimate of drug-likeness (QED) is 0.542. The summed E-state index contributed by atoms with van der Waals surface area (Å²) in [5.74, 6) is -1.69. The molecule has 0 radical (unpaired) electrons. The molecule has 0 atom stereocenters. The highest BCUT2D eigenvalue weighted by Crippen LogP contribution is 2.17. The molecular formula is C19H19F2NO3S. The minimum atomic E-state index is -3.60. The molecule has 0 unspecified atom stereocenters. The molecule has 0 aromatic heterocycles. The molecule has 4 nitrogen and oxygen atoms in total. The summed E-state index contributed by atoms with van der Waals surface area (Å²) in [5, 5.41) is 0. The molecule has 26 heavy (non-hydrogen) atoms. The predicted octanol–water partition coefficient (Wildman–Crippen LogP) is 3.89. The van der Waals surface area contributed by atoms with E-state index < -0.39 is 27.4 Å². The van der Waals surface area contributed by atoms with Gasteiger partial charge in [-0.05, 0) is 54.6 Å². The number of carbonyl (C=O) groups excluding carboxylic acids is 1. The van der Waals surface area contributed by atoms with Crippen LogP contribution < -0.4 is 0 Å². The number of nitrogens with zero attached hydrogens (tertiary/aromatic N) is 1. The van der Waals surface area contributed by atoms with Gasteiger partial charge in [-0.3, -0.25) is 4.79 Å². The van der Waals surface area contributed by atoms with Crippen LogP contribution >= 0.6 is 0 Å². The number of hydrogen-bond donors (Lipinski definition) is 0. The van der Waals surface area contributed by atoms with Crippen LogP contribution in [0.25, 0.3) is 6.08 Å². The molecule has 2 rings (SSSR count). The lowest BCUT2D eigenvalue weighted by atomic mass is 10.1. The summed E-state index contributed by atoms with van der Waals surface area (Å²) in [7, 11) is -3.60. The highest BCUT2D eigenvalue weighted by atomic mass is 32.2. The maximum absolute atomic E-state index is 13.5. The Balaban J connectivity index is 2.21. The van der Waals surface area contributed by atoms with Crippen LogP contribution in [0.1, 0.15) is 29.8 Å². The van der Waals surface area contributed by atoms with Crippen molar-refractivity contribution in [1.82, 2.24) is 4.31 Å². The Morgan fingerprint density at radius 2 is 1.65 bits per heavy atom. The van der Waals surface area contributed by atoms with Crippen molar-refractivity contribution in [1.29, 1.82) is 0 Å². The first-order chi connectivity index (χ1) is 12.3. The highest BCUT2D eigenvalue weighted by Gasteiger charge is 2.21. The van der Waals surface area contributed by atoms with Crippen molar-refractivity contribution in [2.45, 2.75) is 18.7 Å². The van der Waals surface area contributed by atoms with Gasteiger partial charge in [0.1, 0.15) is 11.6 Å². The van der Waals surface area contributed by atoms with Crippen LogP contribution in [0.15, 0.2) is 53.4 Å². The van der Waals surface area contributed by atoms with Crippen molar-refractivity contribution in [3.63, 3.8) is 0 Å². The second-order valence-electron chi connectivity index (χ2n) is 5.48. The van der Waals surface area contributed by atoms with E-state index in [0.29, 0.717) is 13.1 Å². The summed E-state index contributed by atoms with van der Waals surface area (Å²) in [4.78, 5) is 12.3. The number of ketones is 1. The maximum atomic E-state index is 13.5. The summed E-state index contributed by atoms with van der Waals surface area (Å²) < 4.78 is 52.8. The molecular weight excluding hydrogens is 360 g/mol. The lowest BCUT2D eigenvalue weighted by Gasteiger charge is -2.18. The topological polar surface area (TPSA) is 54.5 Å². The number of hydrogen-bond acceptors (Lipinski definition) is 3. The Labute approximate surface area is 151 Å². The fourth-order valence-electron chi connectivity index (χ4n) is 2.41. The van der Waals surface area contributed by atoms with E-state index >= 15 is 0 Å². The van der Waals surface area contributed by atoms with Gasteiger partial charge in [0.05, 0.1) is 4.90 Å². The van der Waals surface area contributed by atoms with E-state index in [1.165, 1.54) is 34.6 Å². The van der Waals surface area contributed by atoms with Gasteiger partial charge in [0.15, 0.2) is 5.78 Å². The van der Waals surface area contributed by atoms with Crippen molar-refractivity contribution in [2.24, 2.45) is 0 Å². The van der Waals surface area contributed by atoms with Crippen molar-refractivity contribution in [3.05, 3.63) is 71.3 Å². The Morgan fingerprint density at radius 3 is 2.23 bits per heavy atom. The van der Waals surface area contributed by atoms with Crippen molar-refractivity contribution >= 4 is 21.9 Å². The van der Waals surface area contributed by atoms with Crippen LogP contribution in [0.4, 0.5) is 8.78 Å². The van der Waals surface area contributed by atoms with E-state index in [1.54, 1.807) is 13.8 Å². The number of allylic oxidation sites excluding steroid dienone is 1. The van der Waals surface area contributed by atoms with E-state index in [-0.39, 0.29) is 16.0 Å². The average Bonchev–Trinajstić information content (AvgIpc) is 2.63. The highest BCUT2D eigenvalue weighted by molar-refractivity contribution is 7.89. The molecule has 0 saturated carbocycles. The fourth-order valence-corrected chi connectivity index (χ4v) is 3.87. The Hall–Kier alpha value is -2.38. The molecule has 0 aliphatic heterocycles. The molecule has 0 aliphatic rings. The number of halogens is 2. The summed E-state index contributed by atoms with van der Waals surface area (Å²) >= 11 is 0. The van der Waals surface area contributed by atoms with Crippen LogP contribution in [0.5, 0.6) is 0 Å². The van der Waals surface area contributed by atoms with E-state index in [2.05, 4.69) is 0 Å². The van der Waals surface area contributed by atoms with E-state index in [4.69, 9.17) is 0 Å². The Morgan fingerprint density at radius 1 is 1.04 bits per heavy atom. The van der Waals surface area contributed by atoms with E-state index in [1.807, 2.05) is 0 Å². The van der Waals surface area contributed by atoms with Crippen LogP contribution in [0.3, 0.4) is 0 Å². The van der Waals surface area contributed by atoms with Gasteiger partial charge < -0.3 is 0 Å². The molecule has 0 N–H and O–H groups in total. The molecule has 0 heterocycles. The molecule has 0 spiro atoms. The summed E-state index contributed by atoms with van der Waals surface area (Å²) in [6.07, 6.45) is 2.30. The molecule has 2 aromatic rings. The average molecular weight is 379 g/mol. The van der Waals surface area contributed by atoms with Gasteiger partial charge in [-0.15, -0.1) is 0 Å². The third-order valence-corrected chi connectivity index (χ3v) is 5.92. The lowest BCUT2D eigenvalue weighted by Crippen LogP contribution is -2.30. The van der Waals surface area contributed by atoms with Gasteiger partial charge in [0.25, 0.3) is 0 Å². The summed E-state index contributed by atoms with van der Waals surface area (Å²) in [5.41, 5.74) is 0.204. The third-order valence-electron chi connectivity index (χ3n) is 3.85. The van der Waals surface area contributed by atoms with Crippen LogP contribution in [-0.4, -0.2) is 31.6 Å². The number of benzene rings is 2. The van der Waals surface area contributed by atoms with E-state index in [0.717, 1.165) is 24.3 Å². The monoisotopic (exact) mass is 379 g/mol. The molecule has 0 bridgehead atoms. The van der Waals surface area contributed by atoms with Crippen LogP contribution in [0.2, 0.25) is 0 Å². The first-order valence-corrected chi connectivity index (χ1v) is 9.51. The maximum Gasteiger partial charge on any atom is 0.243 e. The lowest BCUT2D eigenvalue weighted by molar-refractivity contribution is 0.104. The number of rotatable bonds is 7. The van der Waals surface area contributed by atoms with Gasteiger partial charge >= 0.3 is 0 Å². The molecule has 0 aliphatic carbocycles. The molecule has 138 valence electrons. The fraction of sp³-hybridized carbons (Fsp3) is 0.211. The normalized spacial score (nSPS) is 12.0. The second kappa shape index (κ2) is 8.33. The van der Waals surface area contributed by atoms with Crippen molar-refractivity contribution in [2.75, 3.05) is 13.1 Å². The second-order valence-corrected chi connectivity index (χ2v) is 7.42. The van der Waals surface area contributed by atoms with Gasteiger partial charge in [-0.1, -0.05) is 13.8 Å². The SMILES string of the molecule is CCN(CC)S(=O)(=O)c1ccc(C(=O)/C=C/c2cc(F)ccc2F)cc1. The van der Waals surface area contributed by atoms with Gasteiger partial charge in [-0.25, -0.2) is 17.2 Å². The van der Waals surface area contributed by atoms with E-state index in [9.17, 15) is 22.0 Å². The number of carbonyl (C=O) groups is 1. The standard InChI is InChI=1S/C19H19F2NO3S/c1-3-22(4-2)26(24,25)17-9-5-14(6-10-17)19(23)12-7-15-13-16(20)8-11-18(15)21/h5-13H,3-4H2,1-2H3/b12-7+. The molecule has 7 heteroatoms.